The molecule has 128 heavy (non-hydrogen) atoms. The molecule has 0 aliphatic carbocycles. The van der Waals surface area contributed by atoms with Gasteiger partial charge in [0.05, 0.1) is 59.5 Å². The molecule has 0 saturated carbocycles. The second-order valence-corrected chi connectivity index (χ2v) is 24.7. The van der Waals surface area contributed by atoms with Gasteiger partial charge in [-0.05, 0) is 74.7 Å². The van der Waals surface area contributed by atoms with Gasteiger partial charge >= 0.3 is 96.1 Å². The Bertz CT molecular complexity index is 2490. The molecular formula is C78H144F12O38. The fraction of sp³-hybridized carbons (Fsp3) is 0.846. The normalized spacial score (nSPS) is 11.2. The maximum atomic E-state index is 12.2. The quantitative estimate of drug-likeness (QED) is 0.0188. The number of halogens is 12. The Labute approximate surface area is 742 Å². The Morgan fingerprint density at radius 2 is 0.547 bits per heavy atom. The van der Waals surface area contributed by atoms with Crippen molar-refractivity contribution in [1.29, 1.82) is 0 Å². The molecular weight excluding hydrogens is 1770 g/mol. The molecule has 0 aromatic rings. The number of carbonyl (C=O) groups is 12. The zero-order valence-corrected chi connectivity index (χ0v) is 78.6. The summed E-state index contributed by atoms with van der Waals surface area (Å²) in [5.41, 5.74) is 0. The summed E-state index contributed by atoms with van der Waals surface area (Å²) in [6.07, 6.45) is -15.0. The summed E-state index contributed by atoms with van der Waals surface area (Å²) in [5.74, 6) is -9.51. The number of carbonyl (C=O) groups excluding carboxylic acids is 12. The van der Waals surface area contributed by atoms with Gasteiger partial charge < -0.3 is 124 Å². The molecule has 50 heteroatoms. The van der Waals surface area contributed by atoms with Crippen molar-refractivity contribution in [2.24, 2.45) is 5.92 Å². The Morgan fingerprint density at radius 1 is 0.281 bits per heavy atom. The molecule has 0 aliphatic heterocycles. The molecule has 3 atom stereocenters. The monoisotopic (exact) mass is 1920 g/mol. The van der Waals surface area contributed by atoms with Crippen LogP contribution in [0.1, 0.15) is 212 Å². The van der Waals surface area contributed by atoms with Gasteiger partial charge in [0.25, 0.3) is 0 Å². The van der Waals surface area contributed by atoms with E-state index in [1.54, 1.807) is 0 Å². The second-order valence-electron chi connectivity index (χ2n) is 24.7. The average Bonchev–Trinajstić information content (AvgIpc) is 0.880. The molecule has 0 rings (SSSR count). The van der Waals surface area contributed by atoms with Crippen molar-refractivity contribution in [2.45, 2.75) is 267 Å². The van der Waals surface area contributed by atoms with E-state index in [1.165, 1.54) is 69.2 Å². The summed E-state index contributed by atoms with van der Waals surface area (Å²) in [4.78, 5) is 122. The van der Waals surface area contributed by atoms with Crippen molar-refractivity contribution in [3.05, 3.63) is 0 Å². The van der Waals surface area contributed by atoms with Gasteiger partial charge in [-0.1, -0.05) is 13.8 Å². The Kier molecular flexibility index (Phi) is 112. The first-order valence-corrected chi connectivity index (χ1v) is 39.2. The maximum absolute atomic E-state index is 12.2. The lowest BCUT2D eigenvalue weighted by molar-refractivity contribution is -0.237. The molecule has 0 fully saturated rings. The second kappa shape index (κ2) is 98.3. The van der Waals surface area contributed by atoms with Crippen LogP contribution in [0.4, 0.5) is 52.7 Å². The van der Waals surface area contributed by atoms with E-state index < -0.39 is 104 Å². The number of alkyl halides is 12. The molecule has 0 saturated heterocycles. The smallest absolute Gasteiger partial charge is 0.353 e. The van der Waals surface area contributed by atoms with Gasteiger partial charge in [-0.2, -0.15) is 35.1 Å². The van der Waals surface area contributed by atoms with Crippen LogP contribution in [-0.4, -0.2) is 303 Å². The lowest BCUT2D eigenvalue weighted by atomic mass is 10.1. The number of aliphatic hydroxyl groups excluding tert-OH is 2. The largest absolute Gasteiger partial charge is 0.466 e. The van der Waals surface area contributed by atoms with Gasteiger partial charge in [0, 0.05) is 169 Å². The molecule has 0 radical (unpaired) electrons. The number of esters is 12. The SMILES string of the molecule is CC(=O)OC(C)OCCC(C)(F)F.CC(=O)OCC(O)COC(C)(F)F.CC(=O)OCC(O)COC(C)(F)F.CC(=O)OCCCOC(C)(F)F.CC(=O)OCCOC(C)(F)F.CC(=O)OCCOCCC(C)(F)F.CCOCCOC(=O)CCC(C)C.CCOCOC(C)=O.CCOCOC(C)=O.CCOCOC(C)=O.CCOCOC(C)=O.CCOCOC(C)=O. The molecule has 768 valence electrons. The van der Waals surface area contributed by atoms with Crippen LogP contribution < -0.4 is 0 Å². The molecule has 0 bridgehead atoms. The molecule has 0 spiro atoms. The Balaban J connectivity index is -0.000000115. The zero-order valence-electron chi connectivity index (χ0n) is 78.6. The number of rotatable bonds is 52. The van der Waals surface area contributed by atoms with E-state index in [9.17, 15) is 110 Å². The van der Waals surface area contributed by atoms with Gasteiger partial charge in [0.15, 0.2) is 40.3 Å². The van der Waals surface area contributed by atoms with E-state index in [0.717, 1.165) is 34.1 Å². The van der Waals surface area contributed by atoms with Crippen LogP contribution in [-0.2, 0) is 171 Å². The van der Waals surface area contributed by atoms with Crippen LogP contribution >= 0.6 is 0 Å². The van der Waals surface area contributed by atoms with E-state index in [2.05, 4.69) is 84.9 Å². The van der Waals surface area contributed by atoms with Crippen LogP contribution in [0.2, 0.25) is 0 Å². The van der Waals surface area contributed by atoms with Crippen molar-refractivity contribution < 1.29 is 234 Å². The minimum Gasteiger partial charge on any atom is -0.466 e. The fourth-order valence-corrected chi connectivity index (χ4v) is 5.09. The maximum Gasteiger partial charge on any atom is 0.353 e. The third-order valence-corrected chi connectivity index (χ3v) is 10.5. The van der Waals surface area contributed by atoms with Gasteiger partial charge in [-0.3, -0.25) is 57.5 Å². The van der Waals surface area contributed by atoms with E-state index in [1.807, 2.05) is 41.5 Å². The number of hydrogen-bond acceptors (Lipinski definition) is 38. The van der Waals surface area contributed by atoms with Crippen LogP contribution in [0.15, 0.2) is 0 Å². The number of ether oxygens (including phenoxy) is 24. The van der Waals surface area contributed by atoms with Crippen LogP contribution in [0.25, 0.3) is 0 Å². The van der Waals surface area contributed by atoms with E-state index >= 15 is 0 Å². The lowest BCUT2D eigenvalue weighted by Gasteiger charge is -2.14. The topological polar surface area (TPSA) is 467 Å². The van der Waals surface area contributed by atoms with Gasteiger partial charge in [-0.15, -0.1) is 0 Å². The molecule has 0 amide bonds. The summed E-state index contributed by atoms with van der Waals surface area (Å²) in [6, 6.07) is 0. The number of hydrogen-bond donors (Lipinski definition) is 2. The van der Waals surface area contributed by atoms with Gasteiger partial charge in [0.2, 0.25) is 11.8 Å². The van der Waals surface area contributed by atoms with E-state index in [4.69, 9.17) is 52.8 Å². The first kappa shape index (κ1) is 146. The first-order valence-electron chi connectivity index (χ1n) is 39.2. The predicted octanol–water partition coefficient (Wildman–Crippen LogP) is 12.1. The predicted molar refractivity (Wildman–Crippen MR) is 427 cm³/mol. The summed E-state index contributed by atoms with van der Waals surface area (Å²) >= 11 is 0. The highest BCUT2D eigenvalue weighted by Gasteiger charge is 2.26. The highest BCUT2D eigenvalue weighted by Crippen LogP contribution is 2.19. The molecule has 0 heterocycles. The van der Waals surface area contributed by atoms with Crippen LogP contribution in [0, 0.1) is 5.92 Å². The Morgan fingerprint density at radius 3 is 0.812 bits per heavy atom. The summed E-state index contributed by atoms with van der Waals surface area (Å²) < 4.78 is 253. The van der Waals surface area contributed by atoms with Gasteiger partial charge in [0.1, 0.15) is 45.2 Å². The van der Waals surface area contributed by atoms with Crippen molar-refractivity contribution >= 4 is 71.6 Å². The fourth-order valence-electron chi connectivity index (χ4n) is 5.09. The average molecular weight is 1920 g/mol. The molecule has 0 aromatic carbocycles. The third kappa shape index (κ3) is 209. The number of aliphatic hydroxyl groups is 2. The summed E-state index contributed by atoms with van der Waals surface area (Å²) in [6.45, 7) is 37.5. The Hall–Kier alpha value is -7.76. The first-order chi connectivity index (χ1) is 58.7. The molecule has 3 unspecified atom stereocenters. The van der Waals surface area contributed by atoms with Crippen molar-refractivity contribution in [3.8, 4) is 0 Å². The van der Waals surface area contributed by atoms with E-state index in [-0.39, 0.29) is 155 Å². The minimum absolute atomic E-state index is 0.0231. The van der Waals surface area contributed by atoms with Crippen molar-refractivity contribution in [1.82, 2.24) is 0 Å². The summed E-state index contributed by atoms with van der Waals surface area (Å²) in [7, 11) is 0. The highest BCUT2D eigenvalue weighted by molar-refractivity contribution is 5.70. The van der Waals surface area contributed by atoms with Crippen molar-refractivity contribution in [3.63, 3.8) is 0 Å². The standard InChI is InChI=1S/C10H20O3.2C8H14F2O3.2C7H12F2O4.C7H12F2O3.C6H10F2O3.5C5H10O3/c1-4-12-7-8-13-10(11)6-5-9(2)3;1-6(11)13-7(2)12-5-4-8(3,9)10;1-7(11)13-6-5-12-4-3-8(2,9)10;2*1-5(10)12-3-6(11)4-13-7(2,8)9;1-6(10)11-4-3-5-12-7(2,8)9;1-5(9)10-3-4-11-6(2,7)8;5*1-3-7-4-8-5(2)6/h9H,4-8H2,1-3H3;7H,4-5H2,1-3H3;3-6H2,1-2H3;2*6,11H,3-4H2,1-2H3;3-5H2,1-2H3;3-4H2,1-2H3;5*3-4H2,1-2H3. The molecule has 38 nitrogen and oxygen atoms in total. The minimum atomic E-state index is -3.28. The molecule has 0 aliphatic rings. The molecule has 2 N–H and O–H groups in total. The van der Waals surface area contributed by atoms with Crippen molar-refractivity contribution in [2.75, 3.05) is 166 Å². The third-order valence-electron chi connectivity index (χ3n) is 10.5. The van der Waals surface area contributed by atoms with Crippen LogP contribution in [0.5, 0.6) is 0 Å². The summed E-state index contributed by atoms with van der Waals surface area (Å²) in [5, 5.41) is 17.9. The lowest BCUT2D eigenvalue weighted by Crippen LogP contribution is -2.28. The zero-order chi connectivity index (χ0) is 102. The highest BCUT2D eigenvalue weighted by atomic mass is 19.3. The molecule has 0 aromatic heterocycles. The van der Waals surface area contributed by atoms with Gasteiger partial charge in [-0.25, -0.2) is 17.6 Å². The van der Waals surface area contributed by atoms with E-state index in [0.29, 0.717) is 92.9 Å². The van der Waals surface area contributed by atoms with Crippen LogP contribution in [0.3, 0.4) is 0 Å².